The summed E-state index contributed by atoms with van der Waals surface area (Å²) in [6, 6.07) is 11.2. The van der Waals surface area contributed by atoms with E-state index in [9.17, 15) is 0 Å². The molecule has 0 radical (unpaired) electrons. The lowest BCUT2D eigenvalue weighted by Crippen LogP contribution is -2.24. The van der Waals surface area contributed by atoms with Crippen molar-refractivity contribution in [1.82, 2.24) is 4.98 Å². The Labute approximate surface area is 130 Å². The van der Waals surface area contributed by atoms with Crippen molar-refractivity contribution in [3.63, 3.8) is 0 Å². The molecule has 3 heteroatoms. The normalized spacial score (nSPS) is 24.0. The molecular weight excluding hydrogens is 276 g/mol. The molecule has 110 valence electrons. The van der Waals surface area contributed by atoms with E-state index in [1.165, 1.54) is 59.7 Å². The molecule has 1 atom stereocenters. The van der Waals surface area contributed by atoms with Crippen molar-refractivity contribution >= 4 is 11.3 Å². The van der Waals surface area contributed by atoms with Gasteiger partial charge in [0, 0.05) is 16.3 Å². The Morgan fingerprint density at radius 3 is 2.57 bits per heavy atom. The Bertz CT molecular complexity index is 626. The molecule has 1 saturated carbocycles. The molecule has 1 heterocycles. The third-order valence-corrected chi connectivity index (χ3v) is 6.53. The van der Waals surface area contributed by atoms with Crippen LogP contribution in [0, 0.1) is 0 Å². The first-order valence-corrected chi connectivity index (χ1v) is 8.92. The van der Waals surface area contributed by atoms with Gasteiger partial charge in [0.05, 0.1) is 5.69 Å². The van der Waals surface area contributed by atoms with E-state index >= 15 is 0 Å². The summed E-state index contributed by atoms with van der Waals surface area (Å²) in [5, 5.41) is 1.33. The molecule has 0 saturated heterocycles. The smallest absolute Gasteiger partial charge is 0.104 e. The van der Waals surface area contributed by atoms with E-state index in [0.717, 1.165) is 6.42 Å². The second-order valence-corrected chi connectivity index (χ2v) is 7.57. The van der Waals surface area contributed by atoms with E-state index in [4.69, 9.17) is 10.7 Å². The molecule has 1 aromatic heterocycles. The average molecular weight is 298 g/mol. The zero-order valence-corrected chi connectivity index (χ0v) is 13.2. The number of benzene rings is 1. The Balaban J connectivity index is 1.82. The predicted octanol–water partition coefficient (Wildman–Crippen LogP) is 4.34. The molecule has 0 amide bonds. The van der Waals surface area contributed by atoms with Crippen LogP contribution in [0.15, 0.2) is 30.3 Å². The van der Waals surface area contributed by atoms with Gasteiger partial charge in [0.2, 0.25) is 0 Å². The molecule has 2 aliphatic carbocycles. The fourth-order valence-corrected chi connectivity index (χ4v) is 5.46. The number of hydrogen-bond acceptors (Lipinski definition) is 3. The Morgan fingerprint density at radius 1 is 1.10 bits per heavy atom. The fraction of sp³-hybridized carbons (Fsp3) is 0.500. The van der Waals surface area contributed by atoms with Gasteiger partial charge in [-0.2, -0.15) is 0 Å². The fourth-order valence-electron chi connectivity index (χ4n) is 4.02. The summed E-state index contributed by atoms with van der Waals surface area (Å²) in [6.07, 6.45) is 8.57. The molecule has 1 unspecified atom stereocenters. The lowest BCUT2D eigenvalue weighted by Gasteiger charge is -2.27. The van der Waals surface area contributed by atoms with Gasteiger partial charge >= 0.3 is 0 Å². The zero-order valence-electron chi connectivity index (χ0n) is 12.3. The number of fused-ring (bicyclic) bond motifs is 1. The van der Waals surface area contributed by atoms with Gasteiger partial charge in [-0.05, 0) is 37.7 Å². The summed E-state index contributed by atoms with van der Waals surface area (Å²) < 4.78 is 0. The van der Waals surface area contributed by atoms with Crippen molar-refractivity contribution in [2.45, 2.75) is 56.4 Å². The minimum absolute atomic E-state index is 0.156. The van der Waals surface area contributed by atoms with Gasteiger partial charge in [-0.1, -0.05) is 43.2 Å². The van der Waals surface area contributed by atoms with E-state index in [0.29, 0.717) is 0 Å². The number of nitrogens with two attached hydrogens (primary N) is 1. The highest BCUT2D eigenvalue weighted by Gasteiger charge is 2.41. The molecule has 1 aromatic carbocycles. The third kappa shape index (κ3) is 2.14. The first kappa shape index (κ1) is 13.5. The van der Waals surface area contributed by atoms with Crippen LogP contribution in [0.1, 0.15) is 65.7 Å². The number of hydrogen-bond donors (Lipinski definition) is 1. The number of aromatic nitrogens is 1. The summed E-state index contributed by atoms with van der Waals surface area (Å²) in [7, 11) is 0. The van der Waals surface area contributed by atoms with E-state index in [1.54, 1.807) is 0 Å². The van der Waals surface area contributed by atoms with Crippen molar-refractivity contribution < 1.29 is 0 Å². The topological polar surface area (TPSA) is 38.9 Å². The molecule has 0 bridgehead atoms. The summed E-state index contributed by atoms with van der Waals surface area (Å²) in [6.45, 7) is 0. The predicted molar refractivity (Wildman–Crippen MR) is 87.7 cm³/mol. The van der Waals surface area contributed by atoms with Crippen molar-refractivity contribution in [3.8, 4) is 0 Å². The molecule has 2 aromatic rings. The molecule has 21 heavy (non-hydrogen) atoms. The van der Waals surface area contributed by atoms with E-state index < -0.39 is 0 Å². The molecule has 4 rings (SSSR count). The standard InChI is InChI=1S/C18H22N2S/c19-14-9-6-10-15-16(14)20-17(21-15)18(11-4-5-12-18)13-7-2-1-3-8-13/h1-3,7-8,14H,4-6,9-12,19H2. The Morgan fingerprint density at radius 2 is 1.86 bits per heavy atom. The van der Waals surface area contributed by atoms with Gasteiger partial charge in [0.25, 0.3) is 0 Å². The maximum absolute atomic E-state index is 6.28. The van der Waals surface area contributed by atoms with E-state index in [-0.39, 0.29) is 11.5 Å². The first-order chi connectivity index (χ1) is 10.3. The van der Waals surface area contributed by atoms with Crippen LogP contribution in [0.3, 0.4) is 0 Å². The van der Waals surface area contributed by atoms with Gasteiger partial charge in [0.15, 0.2) is 0 Å². The van der Waals surface area contributed by atoms with Gasteiger partial charge in [-0.25, -0.2) is 4.98 Å². The van der Waals surface area contributed by atoms with Crippen molar-refractivity contribution in [3.05, 3.63) is 51.5 Å². The minimum Gasteiger partial charge on any atom is -0.323 e. The molecule has 2 aliphatic rings. The van der Waals surface area contributed by atoms with Gasteiger partial charge in [-0.3, -0.25) is 0 Å². The average Bonchev–Trinajstić information content (AvgIpc) is 3.16. The SMILES string of the molecule is NC1CCCc2sc(C3(c4ccccc4)CCCC3)nc21. The second kappa shape index (κ2) is 5.22. The monoisotopic (exact) mass is 298 g/mol. The van der Waals surface area contributed by atoms with Crippen LogP contribution < -0.4 is 5.73 Å². The number of nitrogens with zero attached hydrogens (tertiary/aromatic N) is 1. The van der Waals surface area contributed by atoms with Crippen molar-refractivity contribution in [2.24, 2.45) is 5.73 Å². The number of rotatable bonds is 2. The van der Waals surface area contributed by atoms with Crippen molar-refractivity contribution in [2.75, 3.05) is 0 Å². The lowest BCUT2D eigenvalue weighted by atomic mass is 9.79. The van der Waals surface area contributed by atoms with E-state index in [1.807, 2.05) is 11.3 Å². The van der Waals surface area contributed by atoms with Crippen LogP contribution in [0.4, 0.5) is 0 Å². The van der Waals surface area contributed by atoms with E-state index in [2.05, 4.69) is 30.3 Å². The molecule has 1 fully saturated rings. The Kier molecular flexibility index (Phi) is 3.35. The van der Waals surface area contributed by atoms with Crippen LogP contribution in [-0.2, 0) is 11.8 Å². The first-order valence-electron chi connectivity index (χ1n) is 8.11. The summed E-state index contributed by atoms with van der Waals surface area (Å²) in [5.74, 6) is 0. The number of aryl methyl sites for hydroxylation is 1. The maximum atomic E-state index is 6.28. The maximum Gasteiger partial charge on any atom is 0.104 e. The molecule has 2 N–H and O–H groups in total. The molecule has 0 spiro atoms. The summed E-state index contributed by atoms with van der Waals surface area (Å²) in [5.41, 5.74) is 9.08. The zero-order chi connectivity index (χ0) is 14.3. The third-order valence-electron chi connectivity index (χ3n) is 5.19. The molecule has 0 aliphatic heterocycles. The van der Waals surface area contributed by atoms with Gasteiger partial charge in [0.1, 0.15) is 5.01 Å². The highest BCUT2D eigenvalue weighted by atomic mass is 32.1. The van der Waals surface area contributed by atoms with Gasteiger partial charge < -0.3 is 5.73 Å². The summed E-state index contributed by atoms with van der Waals surface area (Å²) >= 11 is 1.94. The molecule has 2 nitrogen and oxygen atoms in total. The quantitative estimate of drug-likeness (QED) is 0.895. The highest BCUT2D eigenvalue weighted by molar-refractivity contribution is 7.12. The van der Waals surface area contributed by atoms with Crippen LogP contribution in [0.2, 0.25) is 0 Å². The van der Waals surface area contributed by atoms with Crippen LogP contribution in [-0.4, -0.2) is 4.98 Å². The Hall–Kier alpha value is -1.19. The minimum atomic E-state index is 0.156. The van der Waals surface area contributed by atoms with Crippen LogP contribution >= 0.6 is 11.3 Å². The lowest BCUT2D eigenvalue weighted by molar-refractivity contribution is 0.519. The summed E-state index contributed by atoms with van der Waals surface area (Å²) in [4.78, 5) is 6.51. The largest absolute Gasteiger partial charge is 0.323 e. The van der Waals surface area contributed by atoms with Crippen LogP contribution in [0.25, 0.3) is 0 Å². The number of thiazole rings is 1. The van der Waals surface area contributed by atoms with Gasteiger partial charge in [-0.15, -0.1) is 11.3 Å². The molecular formula is C18H22N2S. The van der Waals surface area contributed by atoms with Crippen molar-refractivity contribution in [1.29, 1.82) is 0 Å². The highest BCUT2D eigenvalue weighted by Crippen LogP contribution is 2.49. The van der Waals surface area contributed by atoms with Crippen LogP contribution in [0.5, 0.6) is 0 Å². The second-order valence-electron chi connectivity index (χ2n) is 6.48.